The second-order valence-corrected chi connectivity index (χ2v) is 14.2. The molecule has 9 heteroatoms. The second-order valence-electron chi connectivity index (χ2n) is 9.20. The highest BCUT2D eigenvalue weighted by molar-refractivity contribution is 6.87. The molecule has 0 saturated carbocycles. The van der Waals surface area contributed by atoms with Gasteiger partial charge in [0.15, 0.2) is 0 Å². The average molecular weight is 462 g/mol. The monoisotopic (exact) mass is 461 g/mol. The maximum Gasteiger partial charge on any atom is 0.407 e. The number of nitrogens with two attached hydrogens (primary N) is 1. The molecule has 0 aliphatic rings. The first kappa shape index (κ1) is 27.2. The lowest BCUT2D eigenvalue weighted by atomic mass is 10.1. The van der Waals surface area contributed by atoms with Gasteiger partial charge in [0.25, 0.3) is 0 Å². The Kier molecular flexibility index (Phi) is 10.4. The van der Waals surface area contributed by atoms with E-state index in [1.807, 2.05) is 30.3 Å². The topological polar surface area (TPSA) is 131 Å². The summed E-state index contributed by atoms with van der Waals surface area (Å²) in [6.45, 7) is 10.6. The molecule has 1 rings (SSSR count). The molecular formula is C23H35N3O5Si. The van der Waals surface area contributed by atoms with Gasteiger partial charge in [0, 0.05) is 13.0 Å². The fourth-order valence-electron chi connectivity index (χ4n) is 2.30. The molecule has 0 heterocycles. The van der Waals surface area contributed by atoms with Crippen LogP contribution < -0.4 is 16.4 Å². The molecule has 0 aromatic heterocycles. The molecular weight excluding hydrogens is 426 g/mol. The number of carbonyl (C=O) groups is 3. The highest BCUT2D eigenvalue weighted by atomic mass is 28.3. The Morgan fingerprint density at radius 2 is 1.81 bits per heavy atom. The number of ether oxygens (including phenoxy) is 1. The summed E-state index contributed by atoms with van der Waals surface area (Å²) in [5.41, 5.74) is 9.49. The summed E-state index contributed by atoms with van der Waals surface area (Å²) in [6, 6.07) is 8.20. The highest BCUT2D eigenvalue weighted by Crippen LogP contribution is 2.35. The normalized spacial score (nSPS) is 13.2. The van der Waals surface area contributed by atoms with Crippen molar-refractivity contribution in [3.63, 3.8) is 0 Å². The summed E-state index contributed by atoms with van der Waals surface area (Å²) in [7, 11) is -1.84. The van der Waals surface area contributed by atoms with E-state index in [2.05, 4.69) is 56.0 Å². The van der Waals surface area contributed by atoms with Crippen molar-refractivity contribution in [2.24, 2.45) is 5.73 Å². The Hall–Kier alpha value is -2.83. The molecule has 0 fully saturated rings. The number of carbonyl (C=O) groups excluding carboxylic acids is 3. The van der Waals surface area contributed by atoms with Crippen molar-refractivity contribution in [2.45, 2.75) is 70.5 Å². The molecule has 176 valence electrons. The third-order valence-electron chi connectivity index (χ3n) is 5.38. The van der Waals surface area contributed by atoms with Gasteiger partial charge in [0.2, 0.25) is 11.8 Å². The molecule has 0 bridgehead atoms. The number of hydrogen-bond donors (Lipinski definition) is 4. The zero-order valence-electron chi connectivity index (χ0n) is 19.5. The van der Waals surface area contributed by atoms with E-state index >= 15 is 0 Å². The standard InChI is InChI=1S/C23H35N3O5Si/c1-23(2,3)32(4,5)13-9-12-19(21(24)29)26-20(28)14-18(27)15-25-22(30)31-16-17-10-7-6-8-11-17/h6-8,10-11,18-19,27H,12,14-16H2,1-5H3,(H2,24,29)(H,25,30)(H,26,28)/t18-,19+/m0/s1. The molecule has 8 nitrogen and oxygen atoms in total. The summed E-state index contributed by atoms with van der Waals surface area (Å²) >= 11 is 0. The number of aliphatic hydroxyl groups excluding tert-OH is 1. The van der Waals surface area contributed by atoms with Crippen LogP contribution in [-0.4, -0.2) is 49.8 Å². The largest absolute Gasteiger partial charge is 0.445 e. The van der Waals surface area contributed by atoms with Crippen molar-refractivity contribution in [3.05, 3.63) is 35.9 Å². The SMILES string of the molecule is CC(C)(C)[Si](C)(C)C#CC[C@@H](NC(=O)C[C@H](O)CNC(=O)OCc1ccccc1)C(N)=O. The number of amides is 3. The number of nitrogens with one attached hydrogen (secondary N) is 2. The Bertz CT molecular complexity index is 841. The predicted molar refractivity (Wildman–Crippen MR) is 126 cm³/mol. The van der Waals surface area contributed by atoms with E-state index in [9.17, 15) is 19.5 Å². The maximum atomic E-state index is 12.2. The summed E-state index contributed by atoms with van der Waals surface area (Å²) in [5.74, 6) is 1.75. The van der Waals surface area contributed by atoms with Crippen molar-refractivity contribution in [2.75, 3.05) is 6.54 Å². The van der Waals surface area contributed by atoms with Gasteiger partial charge in [-0.15, -0.1) is 11.5 Å². The summed E-state index contributed by atoms with van der Waals surface area (Å²) in [5, 5.41) is 15.0. The van der Waals surface area contributed by atoms with Crippen LogP contribution in [0.4, 0.5) is 4.79 Å². The van der Waals surface area contributed by atoms with Crippen LogP contribution in [0.1, 0.15) is 39.2 Å². The number of alkyl carbamates (subject to hydrolysis) is 1. The van der Waals surface area contributed by atoms with Crippen LogP contribution >= 0.6 is 0 Å². The van der Waals surface area contributed by atoms with E-state index in [4.69, 9.17) is 10.5 Å². The van der Waals surface area contributed by atoms with Crippen molar-refractivity contribution < 1.29 is 24.2 Å². The van der Waals surface area contributed by atoms with E-state index in [0.717, 1.165) is 5.56 Å². The minimum Gasteiger partial charge on any atom is -0.445 e. The molecule has 0 spiro atoms. The van der Waals surface area contributed by atoms with Crippen LogP contribution in [0.15, 0.2) is 30.3 Å². The summed E-state index contributed by atoms with van der Waals surface area (Å²) in [6.07, 6.45) is -2.05. The van der Waals surface area contributed by atoms with Crippen LogP contribution in [0.5, 0.6) is 0 Å². The minimum absolute atomic E-state index is 0.0742. The third-order valence-corrected chi connectivity index (χ3v) is 9.93. The number of rotatable bonds is 9. The highest BCUT2D eigenvalue weighted by Gasteiger charge is 2.33. The Labute approximate surface area is 191 Å². The van der Waals surface area contributed by atoms with Gasteiger partial charge in [-0.05, 0) is 10.6 Å². The Morgan fingerprint density at radius 1 is 1.19 bits per heavy atom. The number of primary amides is 1. The zero-order chi connectivity index (χ0) is 24.4. The van der Waals surface area contributed by atoms with Gasteiger partial charge in [-0.25, -0.2) is 4.79 Å². The van der Waals surface area contributed by atoms with E-state index in [-0.39, 0.29) is 31.0 Å². The molecule has 32 heavy (non-hydrogen) atoms. The molecule has 0 saturated heterocycles. The second kappa shape index (κ2) is 12.3. The van der Waals surface area contributed by atoms with Crippen LogP contribution in [0.2, 0.25) is 18.1 Å². The van der Waals surface area contributed by atoms with E-state index < -0.39 is 38.1 Å². The lowest BCUT2D eigenvalue weighted by molar-refractivity contribution is -0.128. The lowest BCUT2D eigenvalue weighted by Gasteiger charge is -2.31. The van der Waals surface area contributed by atoms with Gasteiger partial charge in [-0.1, -0.05) is 64.2 Å². The molecule has 0 radical (unpaired) electrons. The quantitative estimate of drug-likeness (QED) is 0.330. The van der Waals surface area contributed by atoms with Crippen LogP contribution in [-0.2, 0) is 20.9 Å². The van der Waals surface area contributed by atoms with Gasteiger partial charge >= 0.3 is 6.09 Å². The number of benzene rings is 1. The predicted octanol–water partition coefficient (Wildman–Crippen LogP) is 2.08. The third kappa shape index (κ3) is 9.98. The molecule has 3 amide bonds. The smallest absolute Gasteiger partial charge is 0.407 e. The van der Waals surface area contributed by atoms with Gasteiger partial charge in [-0.2, -0.15) is 0 Å². The van der Waals surface area contributed by atoms with Gasteiger partial charge in [-0.3, -0.25) is 9.59 Å². The summed E-state index contributed by atoms with van der Waals surface area (Å²) in [4.78, 5) is 35.6. The zero-order valence-corrected chi connectivity index (χ0v) is 20.5. The van der Waals surface area contributed by atoms with E-state index in [1.165, 1.54) is 0 Å². The molecule has 1 aromatic rings. The fourth-order valence-corrected chi connectivity index (χ4v) is 3.22. The molecule has 0 aliphatic heterocycles. The number of aliphatic hydroxyl groups is 1. The van der Waals surface area contributed by atoms with Gasteiger partial charge in [0.1, 0.15) is 20.7 Å². The van der Waals surface area contributed by atoms with Crippen molar-refractivity contribution in [1.29, 1.82) is 0 Å². The Balaban J connectivity index is 2.45. The molecule has 0 unspecified atom stereocenters. The molecule has 2 atom stereocenters. The minimum atomic E-state index is -1.84. The molecule has 1 aromatic carbocycles. The van der Waals surface area contributed by atoms with Crippen LogP contribution in [0.3, 0.4) is 0 Å². The van der Waals surface area contributed by atoms with Crippen molar-refractivity contribution in [3.8, 4) is 11.5 Å². The number of hydrogen-bond acceptors (Lipinski definition) is 5. The molecule has 5 N–H and O–H groups in total. The van der Waals surface area contributed by atoms with Gasteiger partial charge < -0.3 is 26.2 Å². The van der Waals surface area contributed by atoms with E-state index in [1.54, 1.807) is 0 Å². The first-order valence-electron chi connectivity index (χ1n) is 10.5. The Morgan fingerprint density at radius 3 is 2.38 bits per heavy atom. The summed E-state index contributed by atoms with van der Waals surface area (Å²) < 4.78 is 5.04. The van der Waals surface area contributed by atoms with Crippen molar-refractivity contribution in [1.82, 2.24) is 10.6 Å². The maximum absolute atomic E-state index is 12.2. The van der Waals surface area contributed by atoms with Crippen molar-refractivity contribution >= 4 is 26.0 Å². The van der Waals surface area contributed by atoms with E-state index in [0.29, 0.717) is 0 Å². The first-order chi connectivity index (χ1) is 14.8. The fraction of sp³-hybridized carbons (Fsp3) is 0.522. The lowest BCUT2D eigenvalue weighted by Crippen LogP contribution is -2.46. The van der Waals surface area contributed by atoms with Gasteiger partial charge in [0.05, 0.1) is 12.5 Å². The first-order valence-corrected chi connectivity index (χ1v) is 13.5. The average Bonchev–Trinajstić information content (AvgIpc) is 2.69. The van der Waals surface area contributed by atoms with Crippen LogP contribution in [0, 0.1) is 11.5 Å². The van der Waals surface area contributed by atoms with Crippen LogP contribution in [0.25, 0.3) is 0 Å². The molecule has 0 aliphatic carbocycles.